The molecule has 1 heterocycles. The van der Waals surface area contributed by atoms with E-state index in [4.69, 9.17) is 9.15 Å². The summed E-state index contributed by atoms with van der Waals surface area (Å²) in [7, 11) is 0. The van der Waals surface area contributed by atoms with E-state index in [9.17, 15) is 14.0 Å². The summed E-state index contributed by atoms with van der Waals surface area (Å²) < 4.78 is 22.9. The van der Waals surface area contributed by atoms with Gasteiger partial charge in [-0.05, 0) is 42.0 Å². The van der Waals surface area contributed by atoms with Crippen molar-refractivity contribution in [3.63, 3.8) is 0 Å². The van der Waals surface area contributed by atoms with Gasteiger partial charge < -0.3 is 14.5 Å². The van der Waals surface area contributed by atoms with Crippen LogP contribution in [0, 0.1) is 5.82 Å². The van der Waals surface area contributed by atoms with Gasteiger partial charge in [0.05, 0.1) is 5.52 Å². The Balaban J connectivity index is 1.53. The number of benzene rings is 2. The van der Waals surface area contributed by atoms with Gasteiger partial charge in [0, 0.05) is 6.54 Å². The van der Waals surface area contributed by atoms with Crippen molar-refractivity contribution in [1.82, 2.24) is 10.3 Å². The third-order valence-corrected chi connectivity index (χ3v) is 3.16. The van der Waals surface area contributed by atoms with Crippen molar-refractivity contribution in [1.29, 1.82) is 0 Å². The number of amides is 1. The van der Waals surface area contributed by atoms with Crippen molar-refractivity contribution < 1.29 is 18.3 Å². The molecule has 0 saturated carbocycles. The van der Waals surface area contributed by atoms with Gasteiger partial charge in [0.15, 0.2) is 12.2 Å². The summed E-state index contributed by atoms with van der Waals surface area (Å²) in [5.74, 6) is -0.788. The Bertz CT molecular complexity index is 883. The number of hydrogen-bond donors (Lipinski definition) is 2. The summed E-state index contributed by atoms with van der Waals surface area (Å²) in [4.78, 5) is 25.3. The van der Waals surface area contributed by atoms with E-state index in [1.165, 1.54) is 24.3 Å². The van der Waals surface area contributed by atoms with Gasteiger partial charge in [0.2, 0.25) is 0 Å². The van der Waals surface area contributed by atoms with Gasteiger partial charge in [-0.15, -0.1) is 0 Å². The topological polar surface area (TPSA) is 84.3 Å². The number of halogens is 1. The number of carbonyl (C=O) groups is 1. The van der Waals surface area contributed by atoms with E-state index in [1.807, 2.05) is 0 Å². The summed E-state index contributed by atoms with van der Waals surface area (Å²) >= 11 is 0. The second-order valence-electron chi connectivity index (χ2n) is 4.86. The van der Waals surface area contributed by atoms with Crippen molar-refractivity contribution >= 4 is 17.0 Å². The first kappa shape index (κ1) is 14.8. The molecule has 0 aliphatic rings. The number of ether oxygens (including phenoxy) is 1. The summed E-state index contributed by atoms with van der Waals surface area (Å²) in [5, 5.41) is 2.68. The second kappa shape index (κ2) is 6.35. The number of fused-ring (bicyclic) bond motifs is 1. The number of oxazole rings is 1. The van der Waals surface area contributed by atoms with Crippen LogP contribution in [0.5, 0.6) is 5.75 Å². The maximum Gasteiger partial charge on any atom is 0.417 e. The monoisotopic (exact) mass is 316 g/mol. The molecule has 1 aromatic heterocycles. The van der Waals surface area contributed by atoms with Gasteiger partial charge in [-0.25, -0.2) is 9.18 Å². The highest BCUT2D eigenvalue weighted by molar-refractivity contribution is 5.78. The van der Waals surface area contributed by atoms with Gasteiger partial charge in [-0.1, -0.05) is 6.07 Å². The Labute approximate surface area is 129 Å². The summed E-state index contributed by atoms with van der Waals surface area (Å²) in [6, 6.07) is 10.6. The number of aromatic amines is 1. The molecule has 0 aliphatic heterocycles. The molecule has 3 aromatic rings. The summed E-state index contributed by atoms with van der Waals surface area (Å²) in [5.41, 5.74) is 1.82. The van der Waals surface area contributed by atoms with Crippen LogP contribution in [0.1, 0.15) is 5.56 Å². The second-order valence-corrected chi connectivity index (χ2v) is 4.86. The van der Waals surface area contributed by atoms with Crippen LogP contribution in [0.2, 0.25) is 0 Å². The molecule has 0 fully saturated rings. The smallest absolute Gasteiger partial charge is 0.417 e. The molecule has 3 rings (SSSR count). The first-order chi connectivity index (χ1) is 11.1. The highest BCUT2D eigenvalue weighted by atomic mass is 19.1. The van der Waals surface area contributed by atoms with Crippen LogP contribution in [-0.2, 0) is 11.3 Å². The molecule has 2 N–H and O–H groups in total. The largest absolute Gasteiger partial charge is 0.484 e. The molecule has 0 spiro atoms. The van der Waals surface area contributed by atoms with Gasteiger partial charge in [0.25, 0.3) is 5.91 Å². The normalized spacial score (nSPS) is 10.7. The van der Waals surface area contributed by atoms with Crippen LogP contribution in [0.3, 0.4) is 0 Å². The van der Waals surface area contributed by atoms with Gasteiger partial charge in [0.1, 0.15) is 11.6 Å². The van der Waals surface area contributed by atoms with Crippen LogP contribution in [0.15, 0.2) is 51.7 Å². The van der Waals surface area contributed by atoms with Crippen LogP contribution < -0.4 is 15.8 Å². The highest BCUT2D eigenvalue weighted by Crippen LogP contribution is 2.12. The molecular weight excluding hydrogens is 303 g/mol. The summed E-state index contributed by atoms with van der Waals surface area (Å²) in [6.45, 7) is 0.101. The molecule has 0 aliphatic carbocycles. The quantitative estimate of drug-likeness (QED) is 0.753. The number of carbonyl (C=O) groups excluding carboxylic acids is 1. The molecule has 1 amide bonds. The van der Waals surface area contributed by atoms with Crippen molar-refractivity contribution in [3.05, 3.63) is 64.4 Å². The van der Waals surface area contributed by atoms with Gasteiger partial charge >= 0.3 is 5.76 Å². The lowest BCUT2D eigenvalue weighted by molar-refractivity contribution is -0.123. The third-order valence-electron chi connectivity index (χ3n) is 3.16. The predicted molar refractivity (Wildman–Crippen MR) is 80.6 cm³/mol. The number of rotatable bonds is 5. The standard InChI is InChI=1S/C16H13FN2O4/c17-11-2-4-12(5-3-11)22-9-15(20)18-8-10-1-6-13-14(7-10)23-16(21)19-13/h1-7H,8-9H2,(H,18,20)(H,19,21). The predicted octanol–water partition coefficient (Wildman–Crippen LogP) is 1.96. The SMILES string of the molecule is O=C(COc1ccc(F)cc1)NCc1ccc2[nH]c(=O)oc2c1. The Morgan fingerprint density at radius 2 is 2.00 bits per heavy atom. The lowest BCUT2D eigenvalue weighted by atomic mass is 10.2. The van der Waals surface area contributed by atoms with Crippen molar-refractivity contribution in [3.8, 4) is 5.75 Å². The van der Waals surface area contributed by atoms with E-state index < -0.39 is 5.76 Å². The zero-order chi connectivity index (χ0) is 16.2. The molecule has 0 bridgehead atoms. The van der Waals surface area contributed by atoms with Crippen molar-refractivity contribution in [2.24, 2.45) is 0 Å². The van der Waals surface area contributed by atoms with Crippen molar-refractivity contribution in [2.75, 3.05) is 6.61 Å². The lowest BCUT2D eigenvalue weighted by Gasteiger charge is -2.07. The minimum Gasteiger partial charge on any atom is -0.484 e. The van der Waals surface area contributed by atoms with E-state index in [2.05, 4.69) is 10.3 Å². The van der Waals surface area contributed by atoms with Gasteiger partial charge in [-0.2, -0.15) is 0 Å². The highest BCUT2D eigenvalue weighted by Gasteiger charge is 2.05. The van der Waals surface area contributed by atoms with Crippen molar-refractivity contribution in [2.45, 2.75) is 6.54 Å². The third kappa shape index (κ3) is 3.76. The van der Waals surface area contributed by atoms with E-state index in [-0.39, 0.29) is 24.9 Å². The lowest BCUT2D eigenvalue weighted by Crippen LogP contribution is -2.28. The first-order valence-electron chi connectivity index (χ1n) is 6.87. The zero-order valence-corrected chi connectivity index (χ0v) is 12.0. The maximum atomic E-state index is 12.7. The fraction of sp³-hybridized carbons (Fsp3) is 0.125. The molecule has 0 saturated heterocycles. The Morgan fingerprint density at radius 3 is 2.78 bits per heavy atom. The minimum atomic E-state index is -0.520. The molecule has 6 nitrogen and oxygen atoms in total. The van der Waals surface area contributed by atoms with E-state index in [0.717, 1.165) is 5.56 Å². The fourth-order valence-electron chi connectivity index (χ4n) is 2.03. The average molecular weight is 316 g/mol. The minimum absolute atomic E-state index is 0.173. The molecular formula is C16H13FN2O4. The van der Waals surface area contributed by atoms with E-state index in [0.29, 0.717) is 16.8 Å². The Kier molecular flexibility index (Phi) is 4.09. The molecule has 23 heavy (non-hydrogen) atoms. The average Bonchev–Trinajstić information content (AvgIpc) is 2.91. The van der Waals surface area contributed by atoms with E-state index in [1.54, 1.807) is 18.2 Å². The number of aromatic nitrogens is 1. The molecule has 0 atom stereocenters. The molecule has 0 radical (unpaired) electrons. The maximum absolute atomic E-state index is 12.7. The zero-order valence-electron chi connectivity index (χ0n) is 12.0. The van der Waals surface area contributed by atoms with Crippen LogP contribution in [0.4, 0.5) is 4.39 Å². The Hall–Kier alpha value is -3.09. The van der Waals surface area contributed by atoms with Crippen LogP contribution in [-0.4, -0.2) is 17.5 Å². The fourth-order valence-corrected chi connectivity index (χ4v) is 2.03. The van der Waals surface area contributed by atoms with Crippen LogP contribution >= 0.6 is 0 Å². The van der Waals surface area contributed by atoms with E-state index >= 15 is 0 Å². The van der Waals surface area contributed by atoms with Gasteiger partial charge in [-0.3, -0.25) is 9.78 Å². The molecule has 7 heteroatoms. The first-order valence-corrected chi connectivity index (χ1v) is 6.87. The molecule has 2 aromatic carbocycles. The molecule has 0 unspecified atom stereocenters. The molecule has 118 valence electrons. The number of nitrogens with one attached hydrogen (secondary N) is 2. The number of hydrogen-bond acceptors (Lipinski definition) is 4. The Morgan fingerprint density at radius 1 is 1.22 bits per heavy atom. The van der Waals surface area contributed by atoms with Crippen LogP contribution in [0.25, 0.3) is 11.1 Å². The number of H-pyrrole nitrogens is 1. The summed E-state index contributed by atoms with van der Waals surface area (Å²) in [6.07, 6.45) is 0.